The molecule has 146 valence electrons. The van der Waals surface area contributed by atoms with Crippen molar-refractivity contribution in [3.05, 3.63) is 85.5 Å². The van der Waals surface area contributed by atoms with Crippen LogP contribution in [-0.2, 0) is 16.0 Å². The quantitative estimate of drug-likeness (QED) is 0.299. The van der Waals surface area contributed by atoms with Crippen LogP contribution in [0.4, 0.5) is 0 Å². The van der Waals surface area contributed by atoms with Gasteiger partial charge in [0.1, 0.15) is 11.5 Å². The van der Waals surface area contributed by atoms with Crippen LogP contribution in [0.25, 0.3) is 21.9 Å². The van der Waals surface area contributed by atoms with Crippen LogP contribution in [0, 0.1) is 0 Å². The van der Waals surface area contributed by atoms with Crippen molar-refractivity contribution in [1.29, 1.82) is 0 Å². The van der Waals surface area contributed by atoms with Gasteiger partial charge in [-0.2, -0.15) is 0 Å². The SMILES string of the molecule is C=CC(=O)Oc1cc(CCC)cc(-c2ccc3cc(OC(=O)C=C)ccc3c2)c1. The third kappa shape index (κ3) is 4.99. The molecule has 0 bridgehead atoms. The summed E-state index contributed by atoms with van der Waals surface area (Å²) in [7, 11) is 0. The first-order valence-corrected chi connectivity index (χ1v) is 9.39. The molecule has 0 unspecified atom stereocenters. The fourth-order valence-electron chi connectivity index (χ4n) is 3.10. The minimum Gasteiger partial charge on any atom is -0.423 e. The van der Waals surface area contributed by atoms with Gasteiger partial charge in [0, 0.05) is 12.2 Å². The molecule has 0 spiro atoms. The molecule has 0 aliphatic heterocycles. The van der Waals surface area contributed by atoms with Gasteiger partial charge in [-0.25, -0.2) is 9.59 Å². The van der Waals surface area contributed by atoms with E-state index in [0.29, 0.717) is 11.5 Å². The van der Waals surface area contributed by atoms with Crippen molar-refractivity contribution in [2.45, 2.75) is 19.8 Å². The molecule has 0 heterocycles. The van der Waals surface area contributed by atoms with Crippen molar-refractivity contribution >= 4 is 22.7 Å². The van der Waals surface area contributed by atoms with E-state index >= 15 is 0 Å². The average Bonchev–Trinajstić information content (AvgIpc) is 2.73. The van der Waals surface area contributed by atoms with Crippen LogP contribution in [0.15, 0.2) is 79.9 Å². The lowest BCUT2D eigenvalue weighted by molar-refractivity contribution is -0.129. The van der Waals surface area contributed by atoms with Gasteiger partial charge >= 0.3 is 11.9 Å². The van der Waals surface area contributed by atoms with E-state index in [2.05, 4.69) is 32.2 Å². The van der Waals surface area contributed by atoms with E-state index in [-0.39, 0.29) is 0 Å². The highest BCUT2D eigenvalue weighted by Crippen LogP contribution is 2.31. The Balaban J connectivity index is 1.99. The third-order valence-corrected chi connectivity index (χ3v) is 4.42. The van der Waals surface area contributed by atoms with Crippen molar-refractivity contribution in [2.24, 2.45) is 0 Å². The number of hydrogen-bond donors (Lipinski definition) is 0. The fraction of sp³-hybridized carbons (Fsp3) is 0.120. The molecule has 3 aromatic carbocycles. The number of ether oxygens (including phenoxy) is 2. The number of fused-ring (bicyclic) bond motifs is 1. The van der Waals surface area contributed by atoms with E-state index in [1.54, 1.807) is 6.07 Å². The summed E-state index contributed by atoms with van der Waals surface area (Å²) >= 11 is 0. The summed E-state index contributed by atoms with van der Waals surface area (Å²) in [5, 5.41) is 1.96. The maximum atomic E-state index is 11.6. The molecule has 0 aliphatic carbocycles. The van der Waals surface area contributed by atoms with Gasteiger partial charge in [-0.05, 0) is 64.2 Å². The second-order valence-electron chi connectivity index (χ2n) is 6.59. The van der Waals surface area contributed by atoms with Crippen molar-refractivity contribution in [2.75, 3.05) is 0 Å². The normalized spacial score (nSPS) is 10.4. The van der Waals surface area contributed by atoms with Gasteiger partial charge < -0.3 is 9.47 Å². The summed E-state index contributed by atoms with van der Waals surface area (Å²) in [6.45, 7) is 8.96. The average molecular weight is 386 g/mol. The second-order valence-corrected chi connectivity index (χ2v) is 6.59. The van der Waals surface area contributed by atoms with Gasteiger partial charge in [-0.15, -0.1) is 0 Å². The second kappa shape index (κ2) is 9.02. The Bertz CT molecular complexity index is 1100. The molecule has 0 atom stereocenters. The molecule has 0 radical (unpaired) electrons. The highest BCUT2D eigenvalue weighted by molar-refractivity contribution is 5.90. The van der Waals surface area contributed by atoms with Gasteiger partial charge in [-0.1, -0.05) is 50.8 Å². The molecular formula is C25H22O4. The third-order valence-electron chi connectivity index (χ3n) is 4.42. The Hall–Kier alpha value is -3.66. The molecule has 0 fully saturated rings. The molecule has 0 aromatic heterocycles. The zero-order valence-corrected chi connectivity index (χ0v) is 16.3. The summed E-state index contributed by atoms with van der Waals surface area (Å²) < 4.78 is 10.5. The number of carbonyl (C=O) groups is 2. The monoisotopic (exact) mass is 386 g/mol. The maximum absolute atomic E-state index is 11.6. The first-order chi connectivity index (χ1) is 14.0. The zero-order valence-electron chi connectivity index (χ0n) is 16.3. The fourth-order valence-corrected chi connectivity index (χ4v) is 3.10. The largest absolute Gasteiger partial charge is 0.423 e. The Morgan fingerprint density at radius 3 is 2.14 bits per heavy atom. The summed E-state index contributed by atoms with van der Waals surface area (Å²) in [6.07, 6.45) is 4.16. The molecule has 0 saturated carbocycles. The van der Waals surface area contributed by atoms with Crippen LogP contribution in [0.1, 0.15) is 18.9 Å². The van der Waals surface area contributed by atoms with E-state index in [1.165, 1.54) is 0 Å². The van der Waals surface area contributed by atoms with E-state index in [9.17, 15) is 9.59 Å². The van der Waals surface area contributed by atoms with Crippen LogP contribution in [0.3, 0.4) is 0 Å². The van der Waals surface area contributed by atoms with Crippen LogP contribution >= 0.6 is 0 Å². The van der Waals surface area contributed by atoms with Gasteiger partial charge in [0.25, 0.3) is 0 Å². The lowest BCUT2D eigenvalue weighted by Gasteiger charge is -2.11. The maximum Gasteiger partial charge on any atom is 0.335 e. The zero-order chi connectivity index (χ0) is 20.8. The van der Waals surface area contributed by atoms with Crippen LogP contribution in [0.5, 0.6) is 11.5 Å². The van der Waals surface area contributed by atoms with Crippen LogP contribution in [-0.4, -0.2) is 11.9 Å². The van der Waals surface area contributed by atoms with Crippen LogP contribution in [0.2, 0.25) is 0 Å². The molecule has 4 heteroatoms. The Morgan fingerprint density at radius 1 is 0.793 bits per heavy atom. The Morgan fingerprint density at radius 2 is 1.45 bits per heavy atom. The Kier molecular flexibility index (Phi) is 6.25. The van der Waals surface area contributed by atoms with Crippen molar-refractivity contribution < 1.29 is 19.1 Å². The van der Waals surface area contributed by atoms with Crippen molar-refractivity contribution in [3.8, 4) is 22.6 Å². The minimum atomic E-state index is -0.490. The van der Waals surface area contributed by atoms with Crippen molar-refractivity contribution in [1.82, 2.24) is 0 Å². The van der Waals surface area contributed by atoms with Gasteiger partial charge in [-0.3, -0.25) is 0 Å². The van der Waals surface area contributed by atoms with E-state index in [1.807, 2.05) is 36.4 Å². The molecule has 4 nitrogen and oxygen atoms in total. The summed E-state index contributed by atoms with van der Waals surface area (Å²) in [5.74, 6) is 0.00127. The first-order valence-electron chi connectivity index (χ1n) is 9.39. The molecule has 0 saturated heterocycles. The number of carbonyl (C=O) groups excluding carboxylic acids is 2. The molecular weight excluding hydrogens is 364 g/mol. The lowest BCUT2D eigenvalue weighted by Crippen LogP contribution is -2.03. The first kappa shape index (κ1) is 20.1. The standard InChI is InChI=1S/C25H22O4/c1-4-7-17-12-21(16-23(13-17)29-25(27)6-3)19-8-9-20-15-22(28-24(26)5-2)11-10-18(20)14-19/h5-6,8-16H,2-4,7H2,1H3. The summed E-state index contributed by atoms with van der Waals surface area (Å²) in [5.41, 5.74) is 3.07. The van der Waals surface area contributed by atoms with Gasteiger partial charge in [0.2, 0.25) is 0 Å². The Labute approximate surface area is 170 Å². The number of hydrogen-bond acceptors (Lipinski definition) is 4. The highest BCUT2D eigenvalue weighted by atomic mass is 16.5. The minimum absolute atomic E-state index is 0.471. The van der Waals surface area contributed by atoms with E-state index < -0.39 is 11.9 Å². The topological polar surface area (TPSA) is 52.6 Å². The number of rotatable bonds is 7. The number of aryl methyl sites for hydroxylation is 1. The number of esters is 2. The molecule has 29 heavy (non-hydrogen) atoms. The summed E-state index contributed by atoms with van der Waals surface area (Å²) in [4.78, 5) is 23.0. The molecule has 3 rings (SSSR count). The molecule has 0 amide bonds. The van der Waals surface area contributed by atoms with Crippen LogP contribution < -0.4 is 9.47 Å². The summed E-state index contributed by atoms with van der Waals surface area (Å²) in [6, 6.07) is 17.3. The molecule has 3 aromatic rings. The smallest absolute Gasteiger partial charge is 0.335 e. The van der Waals surface area contributed by atoms with Gasteiger partial charge in [0.05, 0.1) is 0 Å². The highest BCUT2D eigenvalue weighted by Gasteiger charge is 2.08. The lowest BCUT2D eigenvalue weighted by atomic mass is 9.98. The van der Waals surface area contributed by atoms with E-state index in [4.69, 9.17) is 9.47 Å². The predicted octanol–water partition coefficient (Wildman–Crippen LogP) is 5.64. The number of benzene rings is 3. The van der Waals surface area contributed by atoms with Crippen molar-refractivity contribution in [3.63, 3.8) is 0 Å². The van der Waals surface area contributed by atoms with Gasteiger partial charge in [0.15, 0.2) is 0 Å². The molecule has 0 aliphatic rings. The molecule has 0 N–H and O–H groups in total. The predicted molar refractivity (Wildman–Crippen MR) is 115 cm³/mol. The van der Waals surface area contributed by atoms with E-state index in [0.717, 1.165) is 52.5 Å².